The largest absolute Gasteiger partial charge is 0.493 e. The number of rotatable bonds is 3. The molecule has 1 saturated heterocycles. The van der Waals surface area contributed by atoms with E-state index in [0.29, 0.717) is 25.7 Å². The first-order valence-corrected chi connectivity index (χ1v) is 5.93. The zero-order chi connectivity index (χ0) is 13.0. The summed E-state index contributed by atoms with van der Waals surface area (Å²) in [7, 11) is 0. The van der Waals surface area contributed by atoms with Crippen molar-refractivity contribution in [2.45, 2.75) is 19.0 Å². The molecule has 0 radical (unpaired) electrons. The Morgan fingerprint density at radius 1 is 1.22 bits per heavy atom. The van der Waals surface area contributed by atoms with Gasteiger partial charge in [0.15, 0.2) is 0 Å². The van der Waals surface area contributed by atoms with Crippen LogP contribution in [0.5, 0.6) is 5.75 Å². The van der Waals surface area contributed by atoms with Crippen molar-refractivity contribution in [3.63, 3.8) is 0 Å². The number of hydrogen-bond donors (Lipinski definition) is 0. The minimum Gasteiger partial charge on any atom is -0.493 e. The zero-order valence-corrected chi connectivity index (χ0v) is 9.87. The molecule has 2 rings (SSSR count). The molecule has 0 bridgehead atoms. The Labute approximate surface area is 104 Å². The first-order valence-electron chi connectivity index (χ1n) is 5.93. The van der Waals surface area contributed by atoms with Gasteiger partial charge < -0.3 is 9.47 Å². The highest BCUT2D eigenvalue weighted by molar-refractivity contribution is 5.30. The van der Waals surface area contributed by atoms with E-state index in [9.17, 15) is 13.2 Å². The van der Waals surface area contributed by atoms with Crippen molar-refractivity contribution in [1.82, 2.24) is 0 Å². The Balaban J connectivity index is 1.92. The number of halogens is 3. The molecule has 1 heterocycles. The summed E-state index contributed by atoms with van der Waals surface area (Å²) in [6, 6.07) is 5.00. The minimum atomic E-state index is -4.32. The van der Waals surface area contributed by atoms with Crippen LogP contribution in [0.25, 0.3) is 0 Å². The summed E-state index contributed by atoms with van der Waals surface area (Å²) in [4.78, 5) is 0. The Hall–Kier alpha value is -1.23. The maximum absolute atomic E-state index is 12.5. The molecule has 1 fully saturated rings. The van der Waals surface area contributed by atoms with Crippen LogP contribution in [0.4, 0.5) is 13.2 Å². The van der Waals surface area contributed by atoms with E-state index in [1.807, 2.05) is 0 Å². The molecular formula is C13H15F3O2. The summed E-state index contributed by atoms with van der Waals surface area (Å²) in [5.41, 5.74) is -0.674. The third kappa shape index (κ3) is 3.63. The minimum absolute atomic E-state index is 0.274. The molecular weight excluding hydrogens is 245 g/mol. The number of benzene rings is 1. The molecule has 0 spiro atoms. The predicted octanol–water partition coefficient (Wildman–Crippen LogP) is 3.51. The summed E-state index contributed by atoms with van der Waals surface area (Å²) < 4.78 is 48.1. The highest BCUT2D eigenvalue weighted by Crippen LogP contribution is 2.31. The van der Waals surface area contributed by atoms with Gasteiger partial charge in [0.25, 0.3) is 0 Å². The molecule has 1 aliphatic rings. The van der Waals surface area contributed by atoms with Crippen LogP contribution in [0.3, 0.4) is 0 Å². The molecule has 1 aromatic rings. The Morgan fingerprint density at radius 2 is 1.94 bits per heavy atom. The number of ether oxygens (including phenoxy) is 2. The molecule has 100 valence electrons. The van der Waals surface area contributed by atoms with Gasteiger partial charge in [-0.25, -0.2) is 0 Å². The van der Waals surface area contributed by atoms with E-state index in [1.54, 1.807) is 6.07 Å². The fourth-order valence-electron chi connectivity index (χ4n) is 1.89. The molecule has 0 saturated carbocycles. The Bertz CT molecular complexity index is 384. The Kier molecular flexibility index (Phi) is 4.11. The van der Waals surface area contributed by atoms with Gasteiger partial charge in [-0.2, -0.15) is 13.2 Å². The van der Waals surface area contributed by atoms with Crippen molar-refractivity contribution >= 4 is 0 Å². The highest BCUT2D eigenvalue weighted by atomic mass is 19.4. The normalized spacial score (nSPS) is 17.7. The van der Waals surface area contributed by atoms with Crippen molar-refractivity contribution in [3.8, 4) is 5.75 Å². The van der Waals surface area contributed by atoms with Gasteiger partial charge >= 0.3 is 6.18 Å². The molecule has 1 aromatic carbocycles. The molecule has 0 amide bonds. The van der Waals surface area contributed by atoms with E-state index in [4.69, 9.17) is 9.47 Å². The van der Waals surface area contributed by atoms with Gasteiger partial charge in [0.1, 0.15) is 5.75 Å². The van der Waals surface area contributed by atoms with E-state index in [2.05, 4.69) is 0 Å². The number of alkyl halides is 3. The summed E-state index contributed by atoms with van der Waals surface area (Å²) in [6.07, 6.45) is -2.52. The predicted molar refractivity (Wildman–Crippen MR) is 60.5 cm³/mol. The van der Waals surface area contributed by atoms with Gasteiger partial charge in [-0.3, -0.25) is 0 Å². The number of hydrogen-bond acceptors (Lipinski definition) is 2. The maximum atomic E-state index is 12.5. The van der Waals surface area contributed by atoms with E-state index in [0.717, 1.165) is 25.0 Å². The molecule has 0 aliphatic carbocycles. The van der Waals surface area contributed by atoms with Crippen LogP contribution in [0.15, 0.2) is 24.3 Å². The van der Waals surface area contributed by atoms with E-state index in [-0.39, 0.29) is 5.75 Å². The van der Waals surface area contributed by atoms with Crippen LogP contribution >= 0.6 is 0 Å². The third-order valence-corrected chi connectivity index (χ3v) is 2.99. The standard InChI is InChI=1S/C13H15F3O2/c14-13(15,16)11-2-1-3-12(8-11)18-9-10-4-6-17-7-5-10/h1-3,8,10H,4-7,9H2. The summed E-state index contributed by atoms with van der Waals surface area (Å²) in [6.45, 7) is 1.86. The van der Waals surface area contributed by atoms with Crippen LogP contribution < -0.4 is 4.74 Å². The molecule has 1 aliphatic heterocycles. The quantitative estimate of drug-likeness (QED) is 0.828. The summed E-state index contributed by atoms with van der Waals surface area (Å²) in [5, 5.41) is 0. The highest BCUT2D eigenvalue weighted by Gasteiger charge is 2.30. The summed E-state index contributed by atoms with van der Waals surface area (Å²) >= 11 is 0. The van der Waals surface area contributed by atoms with Crippen molar-refractivity contribution in [3.05, 3.63) is 29.8 Å². The second-order valence-corrected chi connectivity index (χ2v) is 4.39. The van der Waals surface area contributed by atoms with Gasteiger partial charge in [-0.15, -0.1) is 0 Å². The van der Waals surface area contributed by atoms with Crippen LogP contribution in [-0.2, 0) is 10.9 Å². The molecule has 5 heteroatoms. The smallest absolute Gasteiger partial charge is 0.416 e. The van der Waals surface area contributed by atoms with Crippen molar-refractivity contribution in [2.24, 2.45) is 5.92 Å². The first-order chi connectivity index (χ1) is 8.55. The van der Waals surface area contributed by atoms with Gasteiger partial charge in [0.2, 0.25) is 0 Å². The lowest BCUT2D eigenvalue weighted by Gasteiger charge is -2.22. The van der Waals surface area contributed by atoms with Crippen molar-refractivity contribution < 1.29 is 22.6 Å². The van der Waals surface area contributed by atoms with Gasteiger partial charge in [0, 0.05) is 13.2 Å². The van der Waals surface area contributed by atoms with Gasteiger partial charge in [-0.1, -0.05) is 6.07 Å². The summed E-state index contributed by atoms with van der Waals surface area (Å²) in [5.74, 6) is 0.643. The fourth-order valence-corrected chi connectivity index (χ4v) is 1.89. The van der Waals surface area contributed by atoms with E-state index < -0.39 is 11.7 Å². The lowest BCUT2D eigenvalue weighted by molar-refractivity contribution is -0.137. The van der Waals surface area contributed by atoms with Crippen LogP contribution in [0.1, 0.15) is 18.4 Å². The Morgan fingerprint density at radius 3 is 2.61 bits per heavy atom. The molecule has 0 atom stereocenters. The SMILES string of the molecule is FC(F)(F)c1cccc(OCC2CCOCC2)c1. The lowest BCUT2D eigenvalue weighted by Crippen LogP contribution is -2.21. The van der Waals surface area contributed by atoms with E-state index >= 15 is 0 Å². The first kappa shape index (κ1) is 13.2. The fraction of sp³-hybridized carbons (Fsp3) is 0.538. The van der Waals surface area contributed by atoms with Gasteiger partial charge in [0.05, 0.1) is 12.2 Å². The second kappa shape index (κ2) is 5.61. The molecule has 0 unspecified atom stereocenters. The van der Waals surface area contributed by atoms with Crippen molar-refractivity contribution in [1.29, 1.82) is 0 Å². The van der Waals surface area contributed by atoms with Crippen LogP contribution in [0, 0.1) is 5.92 Å². The molecule has 0 aromatic heterocycles. The molecule has 2 nitrogen and oxygen atoms in total. The third-order valence-electron chi connectivity index (χ3n) is 2.99. The van der Waals surface area contributed by atoms with Crippen molar-refractivity contribution in [2.75, 3.05) is 19.8 Å². The average molecular weight is 260 g/mol. The van der Waals surface area contributed by atoms with Gasteiger partial charge in [-0.05, 0) is 37.0 Å². The van der Waals surface area contributed by atoms with Crippen LogP contribution in [-0.4, -0.2) is 19.8 Å². The molecule has 0 N–H and O–H groups in total. The van der Waals surface area contributed by atoms with Crippen LogP contribution in [0.2, 0.25) is 0 Å². The maximum Gasteiger partial charge on any atom is 0.416 e. The lowest BCUT2D eigenvalue weighted by atomic mass is 10.0. The zero-order valence-electron chi connectivity index (χ0n) is 9.87. The molecule has 18 heavy (non-hydrogen) atoms. The van der Waals surface area contributed by atoms with E-state index in [1.165, 1.54) is 6.07 Å². The monoisotopic (exact) mass is 260 g/mol. The topological polar surface area (TPSA) is 18.5 Å². The second-order valence-electron chi connectivity index (χ2n) is 4.39. The average Bonchev–Trinajstić information content (AvgIpc) is 2.37.